The van der Waals surface area contributed by atoms with Crippen LogP contribution in [0.4, 0.5) is 0 Å². The lowest BCUT2D eigenvalue weighted by atomic mass is 10.0. The maximum absolute atomic E-state index is 12.9. The first-order valence-corrected chi connectivity index (χ1v) is 10.6. The van der Waals surface area contributed by atoms with E-state index in [9.17, 15) is 14.4 Å². The zero-order valence-corrected chi connectivity index (χ0v) is 19.7. The van der Waals surface area contributed by atoms with Crippen molar-refractivity contribution >= 4 is 17.7 Å². The summed E-state index contributed by atoms with van der Waals surface area (Å²) >= 11 is 0. The fraction of sp³-hybridized carbons (Fsp3) is 0.360. The van der Waals surface area contributed by atoms with Crippen LogP contribution in [0, 0.1) is 5.92 Å². The molecule has 0 spiro atoms. The van der Waals surface area contributed by atoms with Crippen LogP contribution in [0.5, 0.6) is 17.2 Å². The number of pyridine rings is 1. The number of para-hydroxylation sites is 1. The van der Waals surface area contributed by atoms with Gasteiger partial charge in [0.05, 0.1) is 13.0 Å². The molecule has 2 rings (SSSR count). The Morgan fingerprint density at radius 3 is 2.44 bits per heavy atom. The first-order chi connectivity index (χ1) is 16.3. The van der Waals surface area contributed by atoms with Gasteiger partial charge >= 0.3 is 11.9 Å². The minimum Gasteiger partial charge on any atom is -0.493 e. The molecule has 0 aliphatic heterocycles. The quantitative estimate of drug-likeness (QED) is 0.187. The van der Waals surface area contributed by atoms with Crippen molar-refractivity contribution in [3.05, 3.63) is 60.9 Å². The number of Topliss-reactive ketones (excluding diaryl/α,β-unsaturated/α-hetero) is 1. The highest BCUT2D eigenvalue weighted by atomic mass is 16.7. The van der Waals surface area contributed by atoms with Gasteiger partial charge in [0, 0.05) is 25.6 Å². The molecular formula is C25H29NO8. The molecule has 0 fully saturated rings. The maximum Gasteiger partial charge on any atom is 0.309 e. The topological polar surface area (TPSA) is 110 Å². The number of ketones is 1. The Morgan fingerprint density at radius 1 is 1.12 bits per heavy atom. The van der Waals surface area contributed by atoms with Gasteiger partial charge in [0.15, 0.2) is 29.1 Å². The van der Waals surface area contributed by atoms with Crippen LogP contribution in [0.1, 0.15) is 37.7 Å². The van der Waals surface area contributed by atoms with Crippen LogP contribution in [-0.4, -0.2) is 48.8 Å². The normalized spacial score (nSPS) is 13.1. The largest absolute Gasteiger partial charge is 0.493 e. The first kappa shape index (κ1) is 26.4. The zero-order valence-electron chi connectivity index (χ0n) is 19.7. The number of methoxy groups -OCH3 is 1. The number of aromatic nitrogens is 1. The van der Waals surface area contributed by atoms with E-state index in [0.717, 1.165) is 0 Å². The predicted octanol–water partition coefficient (Wildman–Crippen LogP) is 3.76. The van der Waals surface area contributed by atoms with Crippen molar-refractivity contribution < 1.29 is 38.1 Å². The van der Waals surface area contributed by atoms with Gasteiger partial charge in [-0.15, -0.1) is 0 Å². The Balaban J connectivity index is 2.04. The molecule has 1 heterocycles. The average Bonchev–Trinajstić information content (AvgIpc) is 2.82. The molecule has 1 aromatic heterocycles. The Labute approximate surface area is 198 Å². The summed E-state index contributed by atoms with van der Waals surface area (Å²) in [5.41, 5.74) is -0.0489. The van der Waals surface area contributed by atoms with Crippen LogP contribution in [0.25, 0.3) is 0 Å². The van der Waals surface area contributed by atoms with E-state index >= 15 is 0 Å². The second-order valence-electron chi connectivity index (χ2n) is 7.39. The molecule has 9 nitrogen and oxygen atoms in total. The third-order valence-electron chi connectivity index (χ3n) is 4.72. The number of carbonyl (C=O) groups excluding carboxylic acids is 3. The smallest absolute Gasteiger partial charge is 0.309 e. The lowest BCUT2D eigenvalue weighted by Gasteiger charge is -2.23. The van der Waals surface area contributed by atoms with E-state index in [1.165, 1.54) is 32.4 Å². The second-order valence-corrected chi connectivity index (χ2v) is 7.39. The first-order valence-electron chi connectivity index (χ1n) is 10.6. The van der Waals surface area contributed by atoms with Crippen molar-refractivity contribution in [2.45, 2.75) is 39.4 Å². The third kappa shape index (κ3) is 7.61. The third-order valence-corrected chi connectivity index (χ3v) is 4.72. The zero-order chi connectivity index (χ0) is 25.1. The Morgan fingerprint density at radius 2 is 1.82 bits per heavy atom. The number of nitrogens with zero attached hydrogens (tertiary/aromatic N) is 1. The van der Waals surface area contributed by atoms with E-state index in [1.54, 1.807) is 26.0 Å². The van der Waals surface area contributed by atoms with Crippen LogP contribution in [0.15, 0.2) is 55.3 Å². The van der Waals surface area contributed by atoms with Gasteiger partial charge in [0.2, 0.25) is 6.79 Å². The van der Waals surface area contributed by atoms with E-state index in [0.29, 0.717) is 5.75 Å². The molecule has 0 aliphatic carbocycles. The highest BCUT2D eigenvalue weighted by molar-refractivity contribution is 5.99. The summed E-state index contributed by atoms with van der Waals surface area (Å²) in [7, 11) is 1.40. The molecule has 0 aliphatic rings. The molecule has 2 aromatic rings. The number of benzene rings is 1. The lowest BCUT2D eigenvalue weighted by molar-refractivity contribution is -0.154. The highest BCUT2D eigenvalue weighted by Crippen LogP contribution is 2.31. The van der Waals surface area contributed by atoms with Crippen molar-refractivity contribution in [2.75, 3.05) is 13.9 Å². The van der Waals surface area contributed by atoms with Crippen molar-refractivity contribution in [2.24, 2.45) is 5.92 Å². The summed E-state index contributed by atoms with van der Waals surface area (Å²) in [4.78, 5) is 40.7. The van der Waals surface area contributed by atoms with Gasteiger partial charge in [-0.1, -0.05) is 31.7 Å². The molecular weight excluding hydrogens is 442 g/mol. The van der Waals surface area contributed by atoms with Crippen molar-refractivity contribution in [1.82, 2.24) is 4.98 Å². The van der Waals surface area contributed by atoms with Crippen molar-refractivity contribution in [1.29, 1.82) is 0 Å². The summed E-state index contributed by atoms with van der Waals surface area (Å²) in [5.74, 6) is -1.50. The van der Waals surface area contributed by atoms with Crippen LogP contribution in [-0.2, 0) is 19.1 Å². The van der Waals surface area contributed by atoms with Gasteiger partial charge in [-0.25, -0.2) is 4.98 Å². The summed E-state index contributed by atoms with van der Waals surface area (Å²) in [6.45, 7) is 7.85. The molecule has 0 saturated heterocycles. The van der Waals surface area contributed by atoms with Gasteiger partial charge in [-0.05, 0) is 25.1 Å². The molecule has 9 heteroatoms. The molecule has 0 saturated carbocycles. The van der Waals surface area contributed by atoms with E-state index in [2.05, 4.69) is 11.6 Å². The number of carbonyl (C=O) groups is 3. The monoisotopic (exact) mass is 471 g/mol. The lowest BCUT2D eigenvalue weighted by Crippen LogP contribution is -2.34. The Bertz CT molecular complexity index is 992. The SMILES string of the molecule is C=C[C@@H](OC(=O)[C@H](C)CC(=O)c1nccc(OC)c1OCOC(C)=O)[C@H](C)Oc1ccccc1. The molecule has 182 valence electrons. The average molecular weight is 472 g/mol. The molecule has 1 aromatic carbocycles. The second kappa shape index (κ2) is 13.0. The van der Waals surface area contributed by atoms with E-state index in [1.807, 2.05) is 18.2 Å². The number of hydrogen-bond acceptors (Lipinski definition) is 9. The molecule has 34 heavy (non-hydrogen) atoms. The molecule has 0 unspecified atom stereocenters. The van der Waals surface area contributed by atoms with Gasteiger partial charge in [0.1, 0.15) is 11.9 Å². The van der Waals surface area contributed by atoms with Crippen LogP contribution < -0.4 is 14.2 Å². The summed E-state index contributed by atoms with van der Waals surface area (Å²) < 4.78 is 26.7. The summed E-state index contributed by atoms with van der Waals surface area (Å²) in [6, 6.07) is 10.6. The minimum atomic E-state index is -0.784. The molecule has 3 atom stereocenters. The number of ether oxygens (including phenoxy) is 5. The maximum atomic E-state index is 12.9. The van der Waals surface area contributed by atoms with E-state index < -0.39 is 42.6 Å². The number of esters is 2. The van der Waals surface area contributed by atoms with Gasteiger partial charge < -0.3 is 23.7 Å². The molecule has 0 bridgehead atoms. The van der Waals surface area contributed by atoms with Crippen LogP contribution >= 0.6 is 0 Å². The molecule has 0 radical (unpaired) electrons. The van der Waals surface area contributed by atoms with Crippen LogP contribution in [0.3, 0.4) is 0 Å². The standard InChI is InChI=1S/C25H29NO8/c1-6-21(17(3)33-19-10-8-7-9-11-19)34-25(29)16(2)14-20(28)23-24(32-15-31-18(4)27)22(30-5)12-13-26-23/h6-13,16-17,21H,1,14-15H2,2-5H3/t16-,17+,21-/m1/s1. The Hall–Kier alpha value is -3.88. The number of hydrogen-bond donors (Lipinski definition) is 0. The highest BCUT2D eigenvalue weighted by Gasteiger charge is 2.28. The summed E-state index contributed by atoms with van der Waals surface area (Å²) in [6.07, 6.45) is 1.45. The van der Waals surface area contributed by atoms with E-state index in [4.69, 9.17) is 23.7 Å². The molecule has 0 amide bonds. The minimum absolute atomic E-state index is 0.0191. The fourth-order valence-corrected chi connectivity index (χ4v) is 2.93. The predicted molar refractivity (Wildman–Crippen MR) is 123 cm³/mol. The fourth-order valence-electron chi connectivity index (χ4n) is 2.93. The van der Waals surface area contributed by atoms with Gasteiger partial charge in [-0.3, -0.25) is 14.4 Å². The van der Waals surface area contributed by atoms with Crippen molar-refractivity contribution in [3.8, 4) is 17.2 Å². The molecule has 0 N–H and O–H groups in total. The summed E-state index contributed by atoms with van der Waals surface area (Å²) in [5, 5.41) is 0. The Kier molecular flexibility index (Phi) is 10.1. The van der Waals surface area contributed by atoms with Gasteiger partial charge in [0.25, 0.3) is 0 Å². The van der Waals surface area contributed by atoms with E-state index in [-0.39, 0.29) is 23.6 Å². The van der Waals surface area contributed by atoms with Gasteiger partial charge in [-0.2, -0.15) is 0 Å². The number of rotatable bonds is 13. The van der Waals surface area contributed by atoms with Crippen molar-refractivity contribution in [3.63, 3.8) is 0 Å². The van der Waals surface area contributed by atoms with Crippen LogP contribution in [0.2, 0.25) is 0 Å².